The fourth-order valence-electron chi connectivity index (χ4n) is 2.07. The predicted molar refractivity (Wildman–Crippen MR) is 85.7 cm³/mol. The fraction of sp³-hybridized carbons (Fsp3) is 0.714. The molecule has 0 aromatic rings. The average molecular weight is 287 g/mol. The van der Waals surface area contributed by atoms with Gasteiger partial charge in [-0.1, -0.05) is 39.1 Å². The first kappa shape index (κ1) is 17.8. The Bertz CT molecular complexity index is 244. The monoisotopic (exact) mass is 286 g/mol. The van der Waals surface area contributed by atoms with Crippen molar-refractivity contribution in [1.82, 2.24) is 0 Å². The van der Waals surface area contributed by atoms with E-state index in [0.29, 0.717) is 0 Å². The summed E-state index contributed by atoms with van der Waals surface area (Å²) in [5.74, 6) is 0. The molecule has 0 spiro atoms. The molecule has 0 saturated carbocycles. The van der Waals surface area contributed by atoms with E-state index in [2.05, 4.69) is 40.1 Å². The predicted octanol–water partition coefficient (Wildman–Crippen LogP) is 4.44. The third-order valence-electron chi connectivity index (χ3n) is 3.18. The maximum Gasteiger partial charge on any atom is 0.320 e. The molecule has 0 aliphatic carbocycles. The van der Waals surface area contributed by atoms with Gasteiger partial charge in [0.2, 0.25) is 0 Å². The van der Waals surface area contributed by atoms with Crippen LogP contribution in [0.25, 0.3) is 0 Å². The number of rotatable bonds is 11. The van der Waals surface area contributed by atoms with Crippen LogP contribution in [0.3, 0.4) is 0 Å². The molecule has 0 aliphatic heterocycles. The molecule has 0 rings (SSSR count). The van der Waals surface area contributed by atoms with Gasteiger partial charge in [0.1, 0.15) is 7.59 Å². The molecule has 18 heavy (non-hydrogen) atoms. The van der Waals surface area contributed by atoms with E-state index in [1.807, 2.05) is 12.2 Å². The first-order chi connectivity index (χ1) is 8.49. The van der Waals surface area contributed by atoms with Gasteiger partial charge in [0, 0.05) is 19.3 Å². The lowest BCUT2D eigenvalue weighted by Crippen LogP contribution is -2.63. The van der Waals surface area contributed by atoms with Crippen molar-refractivity contribution in [2.75, 3.05) is 13.2 Å². The van der Waals surface area contributed by atoms with E-state index < -0.39 is 15.7 Å². The topological polar surface area (TPSA) is 18.5 Å². The van der Waals surface area contributed by atoms with Crippen LogP contribution < -0.4 is 0 Å². The van der Waals surface area contributed by atoms with Gasteiger partial charge < -0.3 is 8.85 Å². The average Bonchev–Trinajstić information content (AvgIpc) is 2.32. The molecule has 0 N–H and O–H groups in total. The Balaban J connectivity index is 5.12. The number of allylic oxidation sites excluding steroid dienone is 2. The molecule has 2 nitrogen and oxygen atoms in total. The molecule has 0 fully saturated rings. The summed E-state index contributed by atoms with van der Waals surface area (Å²) in [4.78, 5) is 0. The number of hydrogen-bond donors (Lipinski definition) is 0. The molecule has 0 radical (unpaired) electrons. The third-order valence-corrected chi connectivity index (χ3v) is 17.0. The van der Waals surface area contributed by atoms with E-state index in [4.69, 9.17) is 8.85 Å². The lowest BCUT2D eigenvalue weighted by atomic mass is 10.5. The summed E-state index contributed by atoms with van der Waals surface area (Å²) in [7, 11) is -3.71. The van der Waals surface area contributed by atoms with Gasteiger partial charge in [0.25, 0.3) is 0 Å². The molecule has 0 atom stereocenters. The highest BCUT2D eigenvalue weighted by atomic mass is 29.3. The lowest BCUT2D eigenvalue weighted by Gasteiger charge is -2.41. The Morgan fingerprint density at radius 1 is 0.889 bits per heavy atom. The molecule has 0 heterocycles. The zero-order valence-electron chi connectivity index (χ0n) is 12.6. The van der Waals surface area contributed by atoms with Crippen molar-refractivity contribution < 1.29 is 8.85 Å². The van der Waals surface area contributed by atoms with Gasteiger partial charge in [-0.25, -0.2) is 0 Å². The van der Waals surface area contributed by atoms with Crippen molar-refractivity contribution in [3.05, 3.63) is 25.3 Å². The summed E-state index contributed by atoms with van der Waals surface area (Å²) in [5.41, 5.74) is 0. The number of hydrogen-bond acceptors (Lipinski definition) is 2. The molecule has 0 aromatic heterocycles. The SMILES string of the molecule is C=CC[Si](C)(C)[Si](CC=C)(OCCC)OCCC. The molecule has 0 unspecified atom stereocenters. The zero-order chi connectivity index (χ0) is 14.1. The van der Waals surface area contributed by atoms with E-state index in [9.17, 15) is 0 Å². The highest BCUT2D eigenvalue weighted by molar-refractivity contribution is 7.36. The first-order valence-electron chi connectivity index (χ1n) is 6.99. The second kappa shape index (κ2) is 8.85. The van der Waals surface area contributed by atoms with Gasteiger partial charge in [0.15, 0.2) is 0 Å². The molecule has 0 amide bonds. The van der Waals surface area contributed by atoms with Crippen LogP contribution >= 0.6 is 0 Å². The maximum absolute atomic E-state index is 6.30. The molecule has 0 bridgehead atoms. The molecular formula is C14H30O2Si2. The first-order valence-corrected chi connectivity index (χ1v) is 13.2. The summed E-state index contributed by atoms with van der Waals surface area (Å²) in [6, 6.07) is 1.96. The summed E-state index contributed by atoms with van der Waals surface area (Å²) < 4.78 is 12.6. The smallest absolute Gasteiger partial charge is 0.320 e. The quantitative estimate of drug-likeness (QED) is 0.413. The van der Waals surface area contributed by atoms with Crippen LogP contribution in [0.15, 0.2) is 25.3 Å². The standard InChI is InChI=1S/C14H30O2Si2/c1-7-11-15-18(14-10-4,16-12-8-2)17(5,6)13-9-3/h9-10H,3-4,7-8,11-14H2,1-2,5-6H3. The van der Waals surface area contributed by atoms with Crippen molar-refractivity contribution in [3.8, 4) is 0 Å². The van der Waals surface area contributed by atoms with Gasteiger partial charge >= 0.3 is 8.08 Å². The van der Waals surface area contributed by atoms with Crippen LogP contribution in [-0.2, 0) is 8.85 Å². The summed E-state index contributed by atoms with van der Waals surface area (Å²) in [6.07, 6.45) is 6.09. The van der Waals surface area contributed by atoms with Crippen LogP contribution in [0, 0.1) is 0 Å². The minimum absolute atomic E-state index is 0.803. The Kier molecular flexibility index (Phi) is 8.77. The van der Waals surface area contributed by atoms with Crippen LogP contribution in [0.5, 0.6) is 0 Å². The minimum atomic E-state index is -2.14. The summed E-state index contributed by atoms with van der Waals surface area (Å²) in [5, 5.41) is 0. The van der Waals surface area contributed by atoms with Gasteiger partial charge in [-0.05, 0) is 18.9 Å². The van der Waals surface area contributed by atoms with E-state index in [0.717, 1.165) is 38.1 Å². The lowest BCUT2D eigenvalue weighted by molar-refractivity contribution is 0.186. The Morgan fingerprint density at radius 2 is 1.33 bits per heavy atom. The van der Waals surface area contributed by atoms with Crippen molar-refractivity contribution in [2.24, 2.45) is 0 Å². The van der Waals surface area contributed by atoms with Crippen molar-refractivity contribution in [1.29, 1.82) is 0 Å². The molecule has 0 saturated heterocycles. The molecule has 0 aliphatic rings. The molecule has 0 aromatic carbocycles. The van der Waals surface area contributed by atoms with Gasteiger partial charge in [-0.3, -0.25) is 0 Å². The van der Waals surface area contributed by atoms with Crippen molar-refractivity contribution in [2.45, 2.75) is 51.9 Å². The van der Waals surface area contributed by atoms with E-state index >= 15 is 0 Å². The van der Waals surface area contributed by atoms with Crippen molar-refractivity contribution in [3.63, 3.8) is 0 Å². The highest BCUT2D eigenvalue weighted by Gasteiger charge is 2.51. The van der Waals surface area contributed by atoms with Gasteiger partial charge in [-0.15, -0.1) is 13.2 Å². The molecular weight excluding hydrogens is 256 g/mol. The van der Waals surface area contributed by atoms with Gasteiger partial charge in [-0.2, -0.15) is 0 Å². The molecule has 4 heteroatoms. The Morgan fingerprint density at radius 3 is 1.67 bits per heavy atom. The van der Waals surface area contributed by atoms with Crippen LogP contribution in [0.4, 0.5) is 0 Å². The van der Waals surface area contributed by atoms with E-state index in [1.165, 1.54) is 0 Å². The Hall–Kier alpha value is -0.166. The summed E-state index contributed by atoms with van der Waals surface area (Å²) in [6.45, 7) is 18.4. The van der Waals surface area contributed by atoms with Crippen LogP contribution in [0.1, 0.15) is 26.7 Å². The third kappa shape index (κ3) is 4.84. The largest absolute Gasteiger partial charge is 0.396 e. The maximum atomic E-state index is 6.30. The minimum Gasteiger partial charge on any atom is -0.396 e. The second-order valence-electron chi connectivity index (χ2n) is 5.32. The molecule has 106 valence electrons. The van der Waals surface area contributed by atoms with E-state index in [1.54, 1.807) is 0 Å². The van der Waals surface area contributed by atoms with Crippen LogP contribution in [-0.4, -0.2) is 28.9 Å². The second-order valence-corrected chi connectivity index (χ2v) is 18.3. The van der Waals surface area contributed by atoms with Crippen LogP contribution in [0.2, 0.25) is 25.2 Å². The highest BCUT2D eigenvalue weighted by Crippen LogP contribution is 2.30. The van der Waals surface area contributed by atoms with Crippen molar-refractivity contribution >= 4 is 15.7 Å². The van der Waals surface area contributed by atoms with Gasteiger partial charge in [0.05, 0.1) is 0 Å². The van der Waals surface area contributed by atoms with E-state index in [-0.39, 0.29) is 0 Å². The summed E-state index contributed by atoms with van der Waals surface area (Å²) >= 11 is 0. The Labute approximate surface area is 115 Å². The normalized spacial score (nSPS) is 12.4. The fourth-order valence-corrected chi connectivity index (χ4v) is 12.6. The zero-order valence-corrected chi connectivity index (χ0v) is 14.6.